The van der Waals surface area contributed by atoms with Crippen molar-refractivity contribution in [3.05, 3.63) is 0 Å². The standard InChI is InChI=1S/C12H25N3O5S/c1-11(2,9(16)17)12(3,4)15-10(18)13-7-6-8-14-21(5,19)20/h14H,6-8H2,1-5H3,(H,16,17)(H2,13,15,18). The van der Waals surface area contributed by atoms with Crippen molar-refractivity contribution in [1.29, 1.82) is 0 Å². The lowest BCUT2D eigenvalue weighted by Gasteiger charge is -2.38. The van der Waals surface area contributed by atoms with Gasteiger partial charge in [0.25, 0.3) is 0 Å². The molecule has 0 aromatic rings. The van der Waals surface area contributed by atoms with Crippen molar-refractivity contribution in [3.63, 3.8) is 0 Å². The smallest absolute Gasteiger partial charge is 0.315 e. The summed E-state index contributed by atoms with van der Waals surface area (Å²) in [5.74, 6) is -1.01. The highest BCUT2D eigenvalue weighted by molar-refractivity contribution is 7.88. The summed E-state index contributed by atoms with van der Waals surface area (Å²) in [6.45, 7) is 6.83. The first-order valence-corrected chi connectivity index (χ1v) is 8.43. The van der Waals surface area contributed by atoms with Gasteiger partial charge in [0.15, 0.2) is 0 Å². The predicted octanol–water partition coefficient (Wildman–Crippen LogP) is 0.114. The van der Waals surface area contributed by atoms with Gasteiger partial charge in [-0.2, -0.15) is 0 Å². The second-order valence-corrected chi connectivity index (χ2v) is 7.79. The van der Waals surface area contributed by atoms with E-state index in [0.29, 0.717) is 6.42 Å². The van der Waals surface area contributed by atoms with Gasteiger partial charge in [-0.25, -0.2) is 17.9 Å². The van der Waals surface area contributed by atoms with Gasteiger partial charge in [-0.15, -0.1) is 0 Å². The lowest BCUT2D eigenvalue weighted by atomic mass is 9.74. The molecule has 21 heavy (non-hydrogen) atoms. The van der Waals surface area contributed by atoms with Crippen molar-refractivity contribution in [2.24, 2.45) is 5.41 Å². The maximum atomic E-state index is 11.7. The number of carboxylic acid groups (broad SMARTS) is 1. The predicted molar refractivity (Wildman–Crippen MR) is 79.5 cm³/mol. The molecule has 124 valence electrons. The van der Waals surface area contributed by atoms with Gasteiger partial charge in [0.2, 0.25) is 10.0 Å². The largest absolute Gasteiger partial charge is 0.481 e. The molecule has 0 radical (unpaired) electrons. The van der Waals surface area contributed by atoms with Crippen LogP contribution in [0.3, 0.4) is 0 Å². The monoisotopic (exact) mass is 323 g/mol. The molecule has 9 heteroatoms. The Hall–Kier alpha value is -1.35. The Bertz CT molecular complexity index is 485. The zero-order chi connectivity index (χ0) is 16.9. The molecule has 0 atom stereocenters. The third-order valence-corrected chi connectivity index (χ3v) is 4.26. The highest BCUT2D eigenvalue weighted by atomic mass is 32.2. The zero-order valence-corrected chi connectivity index (χ0v) is 13.9. The van der Waals surface area contributed by atoms with E-state index in [2.05, 4.69) is 15.4 Å². The molecule has 2 amide bonds. The first-order chi connectivity index (χ1) is 9.29. The molecule has 0 spiro atoms. The Morgan fingerprint density at radius 3 is 2.05 bits per heavy atom. The van der Waals surface area contributed by atoms with E-state index in [9.17, 15) is 23.1 Å². The topological polar surface area (TPSA) is 125 Å². The third kappa shape index (κ3) is 6.76. The fourth-order valence-corrected chi connectivity index (χ4v) is 1.81. The summed E-state index contributed by atoms with van der Waals surface area (Å²) >= 11 is 0. The second-order valence-electron chi connectivity index (χ2n) is 5.96. The van der Waals surface area contributed by atoms with Crippen LogP contribution in [0.5, 0.6) is 0 Å². The van der Waals surface area contributed by atoms with Gasteiger partial charge in [0.05, 0.1) is 17.2 Å². The first-order valence-electron chi connectivity index (χ1n) is 6.53. The van der Waals surface area contributed by atoms with Crippen molar-refractivity contribution in [2.75, 3.05) is 19.3 Å². The number of amides is 2. The summed E-state index contributed by atoms with van der Waals surface area (Å²) in [5.41, 5.74) is -2.09. The maximum Gasteiger partial charge on any atom is 0.315 e. The average molecular weight is 323 g/mol. The van der Waals surface area contributed by atoms with Gasteiger partial charge in [0, 0.05) is 13.1 Å². The number of carbonyl (C=O) groups is 2. The minimum Gasteiger partial charge on any atom is -0.481 e. The Kier molecular flexibility index (Phi) is 6.62. The summed E-state index contributed by atoms with van der Waals surface area (Å²) in [4.78, 5) is 22.9. The Balaban J connectivity index is 4.24. The molecule has 0 bridgehead atoms. The number of hydrogen-bond acceptors (Lipinski definition) is 4. The van der Waals surface area contributed by atoms with Crippen LogP contribution in [-0.2, 0) is 14.8 Å². The van der Waals surface area contributed by atoms with Crippen LogP contribution in [0.25, 0.3) is 0 Å². The molecule has 0 aliphatic heterocycles. The van der Waals surface area contributed by atoms with Gasteiger partial charge < -0.3 is 15.7 Å². The third-order valence-electron chi connectivity index (χ3n) is 3.53. The van der Waals surface area contributed by atoms with Gasteiger partial charge in [-0.05, 0) is 34.1 Å². The van der Waals surface area contributed by atoms with Crippen LogP contribution in [0.15, 0.2) is 0 Å². The molecular formula is C12H25N3O5S. The van der Waals surface area contributed by atoms with Gasteiger partial charge >= 0.3 is 12.0 Å². The van der Waals surface area contributed by atoms with E-state index in [0.717, 1.165) is 6.26 Å². The van der Waals surface area contributed by atoms with Crippen LogP contribution in [0, 0.1) is 5.41 Å². The molecule has 0 fully saturated rings. The number of hydrogen-bond donors (Lipinski definition) is 4. The average Bonchev–Trinajstić information content (AvgIpc) is 2.25. The molecule has 0 aliphatic carbocycles. The van der Waals surface area contributed by atoms with Gasteiger partial charge in [-0.3, -0.25) is 4.79 Å². The van der Waals surface area contributed by atoms with Crippen LogP contribution in [-0.4, -0.2) is 50.4 Å². The summed E-state index contributed by atoms with van der Waals surface area (Å²) < 4.78 is 24.0. The molecule has 0 saturated heterocycles. The maximum absolute atomic E-state index is 11.7. The lowest BCUT2D eigenvalue weighted by Crippen LogP contribution is -2.59. The Morgan fingerprint density at radius 2 is 1.62 bits per heavy atom. The normalized spacial score (nSPS) is 12.8. The number of rotatable bonds is 8. The highest BCUT2D eigenvalue weighted by Crippen LogP contribution is 2.30. The van der Waals surface area contributed by atoms with Crippen molar-refractivity contribution >= 4 is 22.0 Å². The van der Waals surface area contributed by atoms with E-state index in [4.69, 9.17) is 0 Å². The van der Waals surface area contributed by atoms with Crippen LogP contribution in [0.1, 0.15) is 34.1 Å². The van der Waals surface area contributed by atoms with Crippen LogP contribution >= 0.6 is 0 Å². The minimum atomic E-state index is -3.23. The Labute approximate surface area is 125 Å². The van der Waals surface area contributed by atoms with Crippen LogP contribution in [0.4, 0.5) is 4.79 Å². The molecule has 0 aliphatic rings. The Morgan fingerprint density at radius 1 is 1.10 bits per heavy atom. The molecular weight excluding hydrogens is 298 g/mol. The van der Waals surface area contributed by atoms with Gasteiger partial charge in [0.1, 0.15) is 0 Å². The van der Waals surface area contributed by atoms with Crippen molar-refractivity contribution in [2.45, 2.75) is 39.7 Å². The van der Waals surface area contributed by atoms with Crippen LogP contribution < -0.4 is 15.4 Å². The highest BCUT2D eigenvalue weighted by Gasteiger charge is 2.44. The van der Waals surface area contributed by atoms with E-state index in [1.54, 1.807) is 13.8 Å². The molecule has 8 nitrogen and oxygen atoms in total. The van der Waals surface area contributed by atoms with E-state index in [1.165, 1.54) is 13.8 Å². The number of urea groups is 1. The molecule has 0 rings (SSSR count). The van der Waals surface area contributed by atoms with Crippen molar-refractivity contribution < 1.29 is 23.1 Å². The minimum absolute atomic E-state index is 0.225. The van der Waals surface area contributed by atoms with E-state index < -0.39 is 33.0 Å². The first kappa shape index (κ1) is 19.7. The number of carboxylic acids is 1. The number of nitrogens with one attached hydrogen (secondary N) is 3. The van der Waals surface area contributed by atoms with E-state index in [-0.39, 0.29) is 13.1 Å². The van der Waals surface area contributed by atoms with E-state index >= 15 is 0 Å². The fourth-order valence-electron chi connectivity index (χ4n) is 1.30. The van der Waals surface area contributed by atoms with Crippen molar-refractivity contribution in [3.8, 4) is 0 Å². The molecule has 0 aromatic heterocycles. The number of carbonyl (C=O) groups excluding carboxylic acids is 1. The lowest BCUT2D eigenvalue weighted by molar-refractivity contribution is -0.150. The summed E-state index contributed by atoms with van der Waals surface area (Å²) in [6, 6.07) is -0.492. The number of aliphatic carboxylic acids is 1. The van der Waals surface area contributed by atoms with E-state index in [1.807, 2.05) is 0 Å². The van der Waals surface area contributed by atoms with Crippen molar-refractivity contribution in [1.82, 2.24) is 15.4 Å². The van der Waals surface area contributed by atoms with Gasteiger partial charge in [-0.1, -0.05) is 0 Å². The molecule has 0 saturated carbocycles. The SMILES string of the molecule is CC(C)(NC(=O)NCCCNS(C)(=O)=O)C(C)(C)C(=O)O. The summed E-state index contributed by atoms with van der Waals surface area (Å²) in [5, 5.41) is 14.3. The molecule has 0 unspecified atom stereocenters. The fraction of sp³-hybridized carbons (Fsp3) is 0.833. The number of sulfonamides is 1. The molecule has 0 heterocycles. The molecule has 0 aromatic carbocycles. The van der Waals surface area contributed by atoms with Crippen LogP contribution in [0.2, 0.25) is 0 Å². The second kappa shape index (κ2) is 7.08. The quantitative estimate of drug-likeness (QED) is 0.472. The molecule has 4 N–H and O–H groups in total. The summed E-state index contributed by atoms with van der Waals surface area (Å²) in [6.07, 6.45) is 1.49. The zero-order valence-electron chi connectivity index (χ0n) is 13.1. The summed E-state index contributed by atoms with van der Waals surface area (Å²) in [7, 11) is -3.23.